The van der Waals surface area contributed by atoms with Crippen molar-refractivity contribution in [2.45, 2.75) is 27.2 Å². The molecule has 124 valence electrons. The van der Waals surface area contributed by atoms with Gasteiger partial charge in [-0.1, -0.05) is 30.3 Å². The van der Waals surface area contributed by atoms with Crippen LogP contribution in [-0.4, -0.2) is 17.6 Å². The number of aromatic amines is 1. The number of hydrogen-bond donors (Lipinski definition) is 3. The number of fused-ring (bicyclic) bond motifs is 1. The van der Waals surface area contributed by atoms with Crippen molar-refractivity contribution in [3.63, 3.8) is 0 Å². The van der Waals surface area contributed by atoms with Crippen molar-refractivity contribution in [3.8, 4) is 0 Å². The Morgan fingerprint density at radius 3 is 2.46 bits per heavy atom. The lowest BCUT2D eigenvalue weighted by atomic mass is 10.0. The number of carbonyl (C=O) groups is 1. The number of aryl methyl sites for hydroxylation is 3. The van der Waals surface area contributed by atoms with E-state index in [-0.39, 0.29) is 6.03 Å². The molecule has 0 saturated heterocycles. The summed E-state index contributed by atoms with van der Waals surface area (Å²) in [6.07, 6.45) is 0.804. The molecule has 4 heteroatoms. The first-order valence-electron chi connectivity index (χ1n) is 8.23. The number of amides is 2. The molecule has 0 aliphatic heterocycles. The standard InChI is InChI=1S/C20H23N3O/c1-13-9-10-14(2)19-18(13)17(15(3)22-19)11-12-21-20(24)23-16-7-5-4-6-8-16/h4-10,22H,11-12H2,1-3H3,(H2,21,23,24). The van der Waals surface area contributed by atoms with Gasteiger partial charge in [-0.15, -0.1) is 0 Å². The third-order valence-electron chi connectivity index (χ3n) is 4.38. The van der Waals surface area contributed by atoms with E-state index in [0.29, 0.717) is 6.54 Å². The van der Waals surface area contributed by atoms with Crippen molar-refractivity contribution < 1.29 is 4.79 Å². The van der Waals surface area contributed by atoms with Gasteiger partial charge >= 0.3 is 6.03 Å². The molecule has 3 aromatic rings. The van der Waals surface area contributed by atoms with Crippen molar-refractivity contribution in [2.24, 2.45) is 0 Å². The van der Waals surface area contributed by atoms with Gasteiger partial charge in [-0.25, -0.2) is 4.79 Å². The highest BCUT2D eigenvalue weighted by Gasteiger charge is 2.12. The predicted molar refractivity (Wildman–Crippen MR) is 99.7 cm³/mol. The second-order valence-corrected chi connectivity index (χ2v) is 6.17. The Bertz CT molecular complexity index is 865. The molecular weight excluding hydrogens is 298 g/mol. The van der Waals surface area contributed by atoms with E-state index in [1.807, 2.05) is 30.3 Å². The average molecular weight is 321 g/mol. The van der Waals surface area contributed by atoms with Crippen LogP contribution in [0.3, 0.4) is 0 Å². The molecule has 3 N–H and O–H groups in total. The number of benzene rings is 2. The molecule has 2 amide bonds. The van der Waals surface area contributed by atoms with E-state index >= 15 is 0 Å². The summed E-state index contributed by atoms with van der Waals surface area (Å²) in [5.74, 6) is 0. The van der Waals surface area contributed by atoms with E-state index in [2.05, 4.69) is 48.5 Å². The van der Waals surface area contributed by atoms with Gasteiger partial charge in [-0.05, 0) is 56.0 Å². The maximum atomic E-state index is 12.0. The predicted octanol–water partition coefficient (Wildman–Crippen LogP) is 4.46. The third-order valence-corrected chi connectivity index (χ3v) is 4.38. The smallest absolute Gasteiger partial charge is 0.319 e. The fourth-order valence-corrected chi connectivity index (χ4v) is 3.12. The van der Waals surface area contributed by atoms with Gasteiger partial charge < -0.3 is 15.6 Å². The van der Waals surface area contributed by atoms with Gasteiger partial charge in [0.05, 0.1) is 0 Å². The molecule has 0 aliphatic rings. The molecule has 0 aliphatic carbocycles. The molecule has 0 saturated carbocycles. The Balaban J connectivity index is 1.67. The molecule has 0 bridgehead atoms. The van der Waals surface area contributed by atoms with E-state index in [9.17, 15) is 4.79 Å². The molecule has 0 spiro atoms. The second kappa shape index (κ2) is 6.79. The molecule has 1 aromatic heterocycles. The average Bonchev–Trinajstić information content (AvgIpc) is 2.90. The molecule has 0 radical (unpaired) electrons. The lowest BCUT2D eigenvalue weighted by molar-refractivity contribution is 0.252. The van der Waals surface area contributed by atoms with Crippen LogP contribution in [0.5, 0.6) is 0 Å². The summed E-state index contributed by atoms with van der Waals surface area (Å²) >= 11 is 0. The van der Waals surface area contributed by atoms with Crippen LogP contribution in [0.4, 0.5) is 10.5 Å². The largest absolute Gasteiger partial charge is 0.358 e. The SMILES string of the molecule is Cc1[nH]c2c(C)ccc(C)c2c1CCNC(=O)Nc1ccccc1. The van der Waals surface area contributed by atoms with Crippen molar-refractivity contribution in [2.75, 3.05) is 11.9 Å². The summed E-state index contributed by atoms with van der Waals surface area (Å²) in [4.78, 5) is 15.5. The third kappa shape index (κ3) is 3.27. The zero-order chi connectivity index (χ0) is 17.1. The lowest BCUT2D eigenvalue weighted by Gasteiger charge is -2.08. The summed E-state index contributed by atoms with van der Waals surface area (Å²) in [6.45, 7) is 6.94. The maximum absolute atomic E-state index is 12.0. The fraction of sp³-hybridized carbons (Fsp3) is 0.250. The topological polar surface area (TPSA) is 56.9 Å². The molecule has 0 fully saturated rings. The summed E-state index contributed by atoms with van der Waals surface area (Å²) < 4.78 is 0. The highest BCUT2D eigenvalue weighted by Crippen LogP contribution is 2.28. The summed E-state index contributed by atoms with van der Waals surface area (Å²) in [5.41, 5.74) is 6.98. The van der Waals surface area contributed by atoms with E-state index in [1.165, 1.54) is 33.3 Å². The van der Waals surface area contributed by atoms with Crippen LogP contribution >= 0.6 is 0 Å². The monoisotopic (exact) mass is 321 g/mol. The Morgan fingerprint density at radius 1 is 1.00 bits per heavy atom. The second-order valence-electron chi connectivity index (χ2n) is 6.17. The van der Waals surface area contributed by atoms with Crippen LogP contribution in [0, 0.1) is 20.8 Å². The number of para-hydroxylation sites is 1. The highest BCUT2D eigenvalue weighted by molar-refractivity contribution is 5.91. The molecule has 3 rings (SSSR count). The number of hydrogen-bond acceptors (Lipinski definition) is 1. The number of urea groups is 1. The Hall–Kier alpha value is -2.75. The lowest BCUT2D eigenvalue weighted by Crippen LogP contribution is -2.30. The van der Waals surface area contributed by atoms with Gasteiger partial charge in [0, 0.05) is 28.8 Å². The fourth-order valence-electron chi connectivity index (χ4n) is 3.12. The van der Waals surface area contributed by atoms with Crippen LogP contribution in [0.25, 0.3) is 10.9 Å². The number of aromatic nitrogens is 1. The van der Waals surface area contributed by atoms with Gasteiger partial charge in [0.15, 0.2) is 0 Å². The van der Waals surface area contributed by atoms with Crippen molar-refractivity contribution >= 4 is 22.6 Å². The van der Waals surface area contributed by atoms with Gasteiger partial charge in [0.2, 0.25) is 0 Å². The zero-order valence-corrected chi connectivity index (χ0v) is 14.4. The first kappa shape index (κ1) is 16.1. The van der Waals surface area contributed by atoms with Crippen LogP contribution < -0.4 is 10.6 Å². The van der Waals surface area contributed by atoms with Crippen LogP contribution in [0.15, 0.2) is 42.5 Å². The molecular formula is C20H23N3O. The van der Waals surface area contributed by atoms with Gasteiger partial charge in [-0.3, -0.25) is 0 Å². The molecule has 2 aromatic carbocycles. The van der Waals surface area contributed by atoms with Gasteiger partial charge in [0.1, 0.15) is 0 Å². The number of rotatable bonds is 4. The number of H-pyrrole nitrogens is 1. The minimum absolute atomic E-state index is 0.174. The molecule has 1 heterocycles. The minimum atomic E-state index is -0.174. The van der Waals surface area contributed by atoms with E-state index in [1.54, 1.807) is 0 Å². The first-order chi connectivity index (χ1) is 11.6. The molecule has 4 nitrogen and oxygen atoms in total. The van der Waals surface area contributed by atoms with E-state index < -0.39 is 0 Å². The number of anilines is 1. The Labute approximate surface area is 142 Å². The van der Waals surface area contributed by atoms with Gasteiger partial charge in [-0.2, -0.15) is 0 Å². The maximum Gasteiger partial charge on any atom is 0.319 e. The van der Waals surface area contributed by atoms with Crippen LogP contribution in [0.2, 0.25) is 0 Å². The quantitative estimate of drug-likeness (QED) is 0.653. The normalized spacial score (nSPS) is 10.8. The van der Waals surface area contributed by atoms with E-state index in [0.717, 1.165) is 12.1 Å². The number of nitrogens with one attached hydrogen (secondary N) is 3. The molecule has 0 unspecified atom stereocenters. The minimum Gasteiger partial charge on any atom is -0.358 e. The highest BCUT2D eigenvalue weighted by atomic mass is 16.2. The Morgan fingerprint density at radius 2 is 1.71 bits per heavy atom. The summed E-state index contributed by atoms with van der Waals surface area (Å²) in [7, 11) is 0. The van der Waals surface area contributed by atoms with Crippen LogP contribution in [-0.2, 0) is 6.42 Å². The van der Waals surface area contributed by atoms with Crippen LogP contribution in [0.1, 0.15) is 22.4 Å². The summed E-state index contributed by atoms with van der Waals surface area (Å²) in [5, 5.41) is 7.06. The van der Waals surface area contributed by atoms with Crippen molar-refractivity contribution in [1.29, 1.82) is 0 Å². The molecule has 0 atom stereocenters. The van der Waals surface area contributed by atoms with Crippen molar-refractivity contribution in [1.82, 2.24) is 10.3 Å². The first-order valence-corrected chi connectivity index (χ1v) is 8.23. The van der Waals surface area contributed by atoms with E-state index in [4.69, 9.17) is 0 Å². The van der Waals surface area contributed by atoms with Crippen molar-refractivity contribution in [3.05, 3.63) is 64.8 Å². The Kier molecular flexibility index (Phi) is 4.56. The molecule has 24 heavy (non-hydrogen) atoms. The number of carbonyl (C=O) groups excluding carboxylic acids is 1. The summed E-state index contributed by atoms with van der Waals surface area (Å²) in [6, 6.07) is 13.6. The van der Waals surface area contributed by atoms with Gasteiger partial charge in [0.25, 0.3) is 0 Å². The zero-order valence-electron chi connectivity index (χ0n) is 14.4.